The summed E-state index contributed by atoms with van der Waals surface area (Å²) in [6, 6.07) is 15.6. The van der Waals surface area contributed by atoms with Gasteiger partial charge in [-0.2, -0.15) is 4.31 Å². The van der Waals surface area contributed by atoms with E-state index in [0.717, 1.165) is 24.8 Å². The Morgan fingerprint density at radius 2 is 1.61 bits per heavy atom. The Hall–Kier alpha value is -2.97. The molecule has 1 aliphatic heterocycles. The first kappa shape index (κ1) is 21.3. The van der Waals surface area contributed by atoms with E-state index in [1.54, 1.807) is 48.5 Å². The summed E-state index contributed by atoms with van der Waals surface area (Å²) < 4.78 is 45.6. The van der Waals surface area contributed by atoms with Crippen LogP contribution in [0.2, 0.25) is 0 Å². The van der Waals surface area contributed by atoms with Crippen LogP contribution in [0.5, 0.6) is 0 Å². The summed E-state index contributed by atoms with van der Waals surface area (Å²) in [5.41, 5.74) is 1.45. The Balaban J connectivity index is 1.37. The molecule has 0 radical (unpaired) electrons. The SMILES string of the molecule is O=C(NCc1ccc(S(=O)(=O)N2CCCCC2)cc1)c1ccc(-c2ccc(F)cc2)o1. The van der Waals surface area contributed by atoms with Crippen molar-refractivity contribution < 1.29 is 22.0 Å². The first-order chi connectivity index (χ1) is 14.9. The van der Waals surface area contributed by atoms with Crippen LogP contribution in [0.25, 0.3) is 11.3 Å². The lowest BCUT2D eigenvalue weighted by Crippen LogP contribution is -2.35. The number of halogens is 1. The minimum atomic E-state index is -3.47. The summed E-state index contributed by atoms with van der Waals surface area (Å²) in [5.74, 6) is -0.123. The average Bonchev–Trinajstić information content (AvgIpc) is 3.29. The number of sulfonamides is 1. The summed E-state index contributed by atoms with van der Waals surface area (Å²) in [6.45, 7) is 1.35. The summed E-state index contributed by atoms with van der Waals surface area (Å²) in [5, 5.41) is 2.76. The summed E-state index contributed by atoms with van der Waals surface area (Å²) in [6.07, 6.45) is 2.84. The lowest BCUT2D eigenvalue weighted by atomic mass is 10.2. The molecule has 0 aliphatic carbocycles. The lowest BCUT2D eigenvalue weighted by molar-refractivity contribution is 0.0924. The van der Waals surface area contributed by atoms with E-state index in [-0.39, 0.29) is 23.0 Å². The molecule has 1 amide bonds. The fourth-order valence-electron chi connectivity index (χ4n) is 3.53. The van der Waals surface area contributed by atoms with E-state index in [1.807, 2.05) is 0 Å². The molecular formula is C23H23FN2O4S. The highest BCUT2D eigenvalue weighted by Crippen LogP contribution is 2.23. The fraction of sp³-hybridized carbons (Fsp3) is 0.261. The van der Waals surface area contributed by atoms with Gasteiger partial charge >= 0.3 is 0 Å². The first-order valence-corrected chi connectivity index (χ1v) is 11.6. The Kier molecular flexibility index (Phi) is 6.20. The van der Waals surface area contributed by atoms with Gasteiger partial charge in [0.25, 0.3) is 5.91 Å². The van der Waals surface area contributed by atoms with E-state index in [1.165, 1.54) is 16.4 Å². The van der Waals surface area contributed by atoms with Gasteiger partial charge in [0.2, 0.25) is 10.0 Å². The first-order valence-electron chi connectivity index (χ1n) is 10.2. The second-order valence-electron chi connectivity index (χ2n) is 7.46. The van der Waals surface area contributed by atoms with Gasteiger partial charge in [-0.05, 0) is 66.9 Å². The van der Waals surface area contributed by atoms with Gasteiger partial charge in [0.05, 0.1) is 4.90 Å². The van der Waals surface area contributed by atoms with E-state index in [2.05, 4.69) is 5.32 Å². The molecular weight excluding hydrogens is 419 g/mol. The minimum Gasteiger partial charge on any atom is -0.451 e. The van der Waals surface area contributed by atoms with Gasteiger partial charge in [-0.1, -0.05) is 18.6 Å². The molecule has 2 heterocycles. The number of hydrogen-bond donors (Lipinski definition) is 1. The summed E-state index contributed by atoms with van der Waals surface area (Å²) in [7, 11) is -3.47. The van der Waals surface area contributed by atoms with Crippen LogP contribution in [0.15, 0.2) is 70.0 Å². The van der Waals surface area contributed by atoms with Crippen LogP contribution < -0.4 is 5.32 Å². The molecule has 162 valence electrons. The average molecular weight is 443 g/mol. The monoisotopic (exact) mass is 442 g/mol. The highest BCUT2D eigenvalue weighted by atomic mass is 32.2. The molecule has 0 unspecified atom stereocenters. The molecule has 1 saturated heterocycles. The van der Waals surface area contributed by atoms with Crippen molar-refractivity contribution in [2.45, 2.75) is 30.7 Å². The molecule has 0 saturated carbocycles. The van der Waals surface area contributed by atoms with Crippen molar-refractivity contribution in [2.75, 3.05) is 13.1 Å². The number of carbonyl (C=O) groups excluding carboxylic acids is 1. The second kappa shape index (κ2) is 9.03. The van der Waals surface area contributed by atoms with E-state index < -0.39 is 15.9 Å². The van der Waals surface area contributed by atoms with E-state index in [4.69, 9.17) is 4.42 Å². The number of nitrogens with zero attached hydrogens (tertiary/aromatic N) is 1. The molecule has 6 nitrogen and oxygen atoms in total. The van der Waals surface area contributed by atoms with Crippen LogP contribution in [0.4, 0.5) is 4.39 Å². The maximum Gasteiger partial charge on any atom is 0.287 e. The van der Waals surface area contributed by atoms with Gasteiger partial charge in [0.1, 0.15) is 11.6 Å². The molecule has 8 heteroatoms. The van der Waals surface area contributed by atoms with Crippen LogP contribution in [-0.2, 0) is 16.6 Å². The third-order valence-corrected chi connectivity index (χ3v) is 7.20. The quantitative estimate of drug-likeness (QED) is 0.621. The number of amides is 1. The van der Waals surface area contributed by atoms with Gasteiger partial charge in [0, 0.05) is 25.2 Å². The number of nitrogens with one attached hydrogen (secondary N) is 1. The lowest BCUT2D eigenvalue weighted by Gasteiger charge is -2.25. The van der Waals surface area contributed by atoms with Crippen molar-refractivity contribution >= 4 is 15.9 Å². The highest BCUT2D eigenvalue weighted by molar-refractivity contribution is 7.89. The van der Waals surface area contributed by atoms with E-state index in [0.29, 0.717) is 24.4 Å². The van der Waals surface area contributed by atoms with Crippen molar-refractivity contribution in [2.24, 2.45) is 0 Å². The Labute approximate surface area is 180 Å². The summed E-state index contributed by atoms with van der Waals surface area (Å²) in [4.78, 5) is 12.6. The van der Waals surface area contributed by atoms with Gasteiger partial charge in [-0.15, -0.1) is 0 Å². The molecule has 1 aromatic heterocycles. The second-order valence-corrected chi connectivity index (χ2v) is 9.40. The number of carbonyl (C=O) groups is 1. The van der Waals surface area contributed by atoms with Crippen molar-refractivity contribution in [3.63, 3.8) is 0 Å². The molecule has 4 rings (SSSR count). The number of rotatable bonds is 6. The van der Waals surface area contributed by atoms with Gasteiger partial charge in [0.15, 0.2) is 5.76 Å². The smallest absolute Gasteiger partial charge is 0.287 e. The largest absolute Gasteiger partial charge is 0.451 e. The van der Waals surface area contributed by atoms with E-state index in [9.17, 15) is 17.6 Å². The van der Waals surface area contributed by atoms with Crippen molar-refractivity contribution in [3.05, 3.63) is 77.8 Å². The minimum absolute atomic E-state index is 0.142. The molecule has 1 fully saturated rings. The molecule has 1 N–H and O–H groups in total. The molecule has 31 heavy (non-hydrogen) atoms. The molecule has 1 aliphatic rings. The van der Waals surface area contributed by atoms with Crippen LogP contribution >= 0.6 is 0 Å². The zero-order valence-corrected chi connectivity index (χ0v) is 17.7. The van der Waals surface area contributed by atoms with E-state index >= 15 is 0 Å². The maximum absolute atomic E-state index is 13.1. The maximum atomic E-state index is 13.1. The van der Waals surface area contributed by atoms with Crippen LogP contribution in [0.3, 0.4) is 0 Å². The highest BCUT2D eigenvalue weighted by Gasteiger charge is 2.25. The zero-order chi connectivity index (χ0) is 21.8. The number of piperidine rings is 1. The predicted molar refractivity (Wildman–Crippen MR) is 114 cm³/mol. The summed E-state index contributed by atoms with van der Waals surface area (Å²) >= 11 is 0. The third-order valence-electron chi connectivity index (χ3n) is 5.29. The Morgan fingerprint density at radius 3 is 2.29 bits per heavy atom. The normalized spacial score (nSPS) is 15.0. The van der Waals surface area contributed by atoms with Crippen molar-refractivity contribution in [1.29, 1.82) is 0 Å². The number of furan rings is 1. The predicted octanol–water partition coefficient (Wildman–Crippen LogP) is 4.19. The van der Waals surface area contributed by atoms with Gasteiger partial charge in [-0.25, -0.2) is 12.8 Å². The number of benzene rings is 2. The third kappa shape index (κ3) is 4.86. The van der Waals surface area contributed by atoms with Gasteiger partial charge < -0.3 is 9.73 Å². The fourth-order valence-corrected chi connectivity index (χ4v) is 5.05. The van der Waals surface area contributed by atoms with Crippen molar-refractivity contribution in [1.82, 2.24) is 9.62 Å². The molecule has 0 spiro atoms. The van der Waals surface area contributed by atoms with Crippen LogP contribution in [0.1, 0.15) is 35.4 Å². The van der Waals surface area contributed by atoms with Gasteiger partial charge in [-0.3, -0.25) is 4.79 Å². The topological polar surface area (TPSA) is 79.6 Å². The zero-order valence-electron chi connectivity index (χ0n) is 16.9. The molecule has 0 atom stereocenters. The molecule has 3 aromatic rings. The Morgan fingerprint density at radius 1 is 0.935 bits per heavy atom. The van der Waals surface area contributed by atoms with Crippen LogP contribution in [-0.4, -0.2) is 31.7 Å². The number of hydrogen-bond acceptors (Lipinski definition) is 4. The van der Waals surface area contributed by atoms with Crippen LogP contribution in [0, 0.1) is 5.82 Å². The standard InChI is InChI=1S/C23H23FN2O4S/c24-19-8-6-18(7-9-19)21-12-13-22(30-21)23(27)25-16-17-4-10-20(11-5-17)31(28,29)26-14-2-1-3-15-26/h4-13H,1-3,14-16H2,(H,25,27). The molecule has 2 aromatic carbocycles. The molecule has 0 bridgehead atoms. The Bertz CT molecular complexity index is 1150. The van der Waals surface area contributed by atoms with Crippen molar-refractivity contribution in [3.8, 4) is 11.3 Å².